The van der Waals surface area contributed by atoms with Gasteiger partial charge in [-0.3, -0.25) is 0 Å². The van der Waals surface area contributed by atoms with Crippen LogP contribution in [0.25, 0.3) is 10.1 Å². The first kappa shape index (κ1) is 10.9. The molecule has 3 nitrogen and oxygen atoms in total. The van der Waals surface area contributed by atoms with Crippen molar-refractivity contribution in [3.05, 3.63) is 28.9 Å². The number of thiophene rings is 1. The Morgan fingerprint density at radius 1 is 1.31 bits per heavy atom. The average Bonchev–Trinajstić information content (AvgIpc) is 2.72. The quantitative estimate of drug-likeness (QED) is 0.757. The van der Waals surface area contributed by atoms with Gasteiger partial charge >= 0.3 is 5.97 Å². The fourth-order valence-electron chi connectivity index (χ4n) is 1.39. The second kappa shape index (κ2) is 4.09. The van der Waals surface area contributed by atoms with Gasteiger partial charge in [-0.05, 0) is 12.1 Å². The summed E-state index contributed by atoms with van der Waals surface area (Å²) < 4.78 is 23.8. The number of ether oxygens (including phenoxy) is 2. The number of carbonyl (C=O) groups is 1. The molecule has 0 spiro atoms. The highest BCUT2D eigenvalue weighted by Crippen LogP contribution is 2.31. The number of hydrogen-bond donors (Lipinski definition) is 0. The van der Waals surface area contributed by atoms with Crippen molar-refractivity contribution in [2.45, 2.75) is 0 Å². The zero-order valence-corrected chi connectivity index (χ0v) is 9.56. The zero-order chi connectivity index (χ0) is 11.7. The summed E-state index contributed by atoms with van der Waals surface area (Å²) in [5, 5.41) is 0.409. The van der Waals surface area contributed by atoms with Crippen molar-refractivity contribution in [1.82, 2.24) is 0 Å². The van der Waals surface area contributed by atoms with E-state index in [-0.39, 0.29) is 0 Å². The molecule has 2 aromatic rings. The summed E-state index contributed by atoms with van der Waals surface area (Å²) in [4.78, 5) is 11.7. The van der Waals surface area contributed by atoms with Crippen LogP contribution in [0.4, 0.5) is 4.39 Å². The van der Waals surface area contributed by atoms with E-state index in [0.717, 1.165) is 0 Å². The number of benzene rings is 1. The molecule has 5 heteroatoms. The molecule has 1 aromatic heterocycles. The predicted molar refractivity (Wildman–Crippen MR) is 59.7 cm³/mol. The van der Waals surface area contributed by atoms with Crippen LogP contribution < -0.4 is 4.74 Å². The van der Waals surface area contributed by atoms with Gasteiger partial charge < -0.3 is 9.47 Å². The van der Waals surface area contributed by atoms with Crippen LogP contribution in [0.3, 0.4) is 0 Å². The Bertz CT molecular complexity index is 547. The smallest absolute Gasteiger partial charge is 0.348 e. The topological polar surface area (TPSA) is 35.5 Å². The lowest BCUT2D eigenvalue weighted by atomic mass is 10.2. The molecule has 84 valence electrons. The third-order valence-corrected chi connectivity index (χ3v) is 3.24. The SMILES string of the molecule is COC(=O)c1cc2c(F)cc(OC)cc2s1. The van der Waals surface area contributed by atoms with Crippen LogP contribution >= 0.6 is 11.3 Å². The molecule has 0 N–H and O–H groups in total. The van der Waals surface area contributed by atoms with Crippen LogP contribution in [0, 0.1) is 5.82 Å². The molecule has 0 aliphatic heterocycles. The highest BCUT2D eigenvalue weighted by Gasteiger charge is 2.13. The first-order valence-electron chi connectivity index (χ1n) is 4.51. The van der Waals surface area contributed by atoms with Crippen molar-refractivity contribution in [2.24, 2.45) is 0 Å². The van der Waals surface area contributed by atoms with Gasteiger partial charge in [0.2, 0.25) is 0 Å². The molecule has 2 rings (SSSR count). The van der Waals surface area contributed by atoms with E-state index in [4.69, 9.17) is 4.74 Å². The maximum Gasteiger partial charge on any atom is 0.348 e. The van der Waals surface area contributed by atoms with Crippen LogP contribution in [0.1, 0.15) is 9.67 Å². The maximum absolute atomic E-state index is 13.6. The Labute approximate surface area is 95.4 Å². The van der Waals surface area contributed by atoms with Crippen molar-refractivity contribution in [1.29, 1.82) is 0 Å². The minimum Gasteiger partial charge on any atom is -0.497 e. The summed E-state index contributed by atoms with van der Waals surface area (Å²) in [6, 6.07) is 4.46. The molecule has 0 aliphatic rings. The van der Waals surface area contributed by atoms with Crippen LogP contribution in [0.2, 0.25) is 0 Å². The molecule has 0 atom stereocenters. The lowest BCUT2D eigenvalue weighted by Gasteiger charge is -1.99. The van der Waals surface area contributed by atoms with E-state index in [1.807, 2.05) is 0 Å². The zero-order valence-electron chi connectivity index (χ0n) is 8.74. The van der Waals surface area contributed by atoms with E-state index in [0.29, 0.717) is 20.7 Å². The van der Waals surface area contributed by atoms with E-state index >= 15 is 0 Å². The van der Waals surface area contributed by atoms with E-state index in [1.165, 1.54) is 37.7 Å². The largest absolute Gasteiger partial charge is 0.497 e. The third-order valence-electron chi connectivity index (χ3n) is 2.18. The van der Waals surface area contributed by atoms with E-state index in [1.54, 1.807) is 6.07 Å². The van der Waals surface area contributed by atoms with Gasteiger partial charge in [-0.2, -0.15) is 0 Å². The minimum absolute atomic E-state index is 0.379. The number of fused-ring (bicyclic) bond motifs is 1. The Hall–Kier alpha value is -1.62. The monoisotopic (exact) mass is 240 g/mol. The molecular weight excluding hydrogens is 231 g/mol. The Morgan fingerprint density at radius 2 is 2.06 bits per heavy atom. The van der Waals surface area contributed by atoms with Crippen molar-refractivity contribution >= 4 is 27.4 Å². The van der Waals surface area contributed by atoms with E-state index in [2.05, 4.69) is 4.74 Å². The summed E-state index contributed by atoms with van der Waals surface area (Å²) in [5.74, 6) is -0.427. The molecule has 0 bridgehead atoms. The van der Waals surface area contributed by atoms with Crippen LogP contribution in [0.5, 0.6) is 5.75 Å². The second-order valence-electron chi connectivity index (χ2n) is 3.12. The predicted octanol–water partition coefficient (Wildman–Crippen LogP) is 2.84. The molecular formula is C11H9FO3S. The number of hydrogen-bond acceptors (Lipinski definition) is 4. The molecule has 1 heterocycles. The Balaban J connectivity index is 2.61. The minimum atomic E-state index is -0.459. The van der Waals surface area contributed by atoms with Crippen molar-refractivity contribution in [2.75, 3.05) is 14.2 Å². The lowest BCUT2D eigenvalue weighted by molar-refractivity contribution is 0.0606. The Kier molecular flexibility index (Phi) is 2.78. The first-order valence-corrected chi connectivity index (χ1v) is 5.32. The summed E-state index contributed by atoms with van der Waals surface area (Å²) >= 11 is 1.18. The molecule has 0 amide bonds. The average molecular weight is 240 g/mol. The number of carbonyl (C=O) groups excluding carboxylic acids is 1. The second-order valence-corrected chi connectivity index (χ2v) is 4.21. The highest BCUT2D eigenvalue weighted by atomic mass is 32.1. The molecule has 16 heavy (non-hydrogen) atoms. The van der Waals surface area contributed by atoms with Crippen LogP contribution in [-0.2, 0) is 4.74 Å². The molecule has 0 fully saturated rings. The standard InChI is InChI=1S/C11H9FO3S/c1-14-6-3-8(12)7-5-10(11(13)15-2)16-9(7)4-6/h3-5H,1-2H3. The van der Waals surface area contributed by atoms with Gasteiger partial charge in [0.05, 0.1) is 14.2 Å². The summed E-state index contributed by atoms with van der Waals surface area (Å²) in [6.07, 6.45) is 0. The van der Waals surface area contributed by atoms with Crippen molar-refractivity contribution < 1.29 is 18.7 Å². The molecule has 0 saturated carbocycles. The number of methoxy groups -OCH3 is 2. The van der Waals surface area contributed by atoms with Crippen LogP contribution in [0.15, 0.2) is 18.2 Å². The molecule has 0 radical (unpaired) electrons. The first-order chi connectivity index (χ1) is 7.65. The molecule has 0 aliphatic carbocycles. The summed E-state index contributed by atoms with van der Waals surface area (Å²) in [5.41, 5.74) is 0. The van der Waals surface area contributed by atoms with Crippen LogP contribution in [-0.4, -0.2) is 20.2 Å². The van der Waals surface area contributed by atoms with Gasteiger partial charge in [0.25, 0.3) is 0 Å². The van der Waals surface area contributed by atoms with E-state index in [9.17, 15) is 9.18 Å². The fraction of sp³-hybridized carbons (Fsp3) is 0.182. The Morgan fingerprint density at radius 3 is 2.69 bits per heavy atom. The fourth-order valence-corrected chi connectivity index (χ4v) is 2.41. The van der Waals surface area contributed by atoms with Gasteiger partial charge in [0.15, 0.2) is 0 Å². The highest BCUT2D eigenvalue weighted by molar-refractivity contribution is 7.20. The molecule has 1 aromatic carbocycles. The third kappa shape index (κ3) is 1.74. The van der Waals surface area contributed by atoms with E-state index < -0.39 is 11.8 Å². The van der Waals surface area contributed by atoms with Gasteiger partial charge in [-0.15, -0.1) is 11.3 Å². The maximum atomic E-state index is 13.6. The summed E-state index contributed by atoms with van der Waals surface area (Å²) in [6.45, 7) is 0. The van der Waals surface area contributed by atoms with Crippen molar-refractivity contribution in [3.63, 3.8) is 0 Å². The van der Waals surface area contributed by atoms with Crippen molar-refractivity contribution in [3.8, 4) is 5.75 Å². The summed E-state index contributed by atoms with van der Waals surface area (Å²) in [7, 11) is 2.76. The number of rotatable bonds is 2. The molecule has 0 saturated heterocycles. The number of esters is 1. The molecule has 0 unspecified atom stereocenters. The lowest BCUT2D eigenvalue weighted by Crippen LogP contribution is -1.96. The normalized spacial score (nSPS) is 10.4. The van der Waals surface area contributed by atoms with Gasteiger partial charge in [0, 0.05) is 16.2 Å². The van der Waals surface area contributed by atoms with Gasteiger partial charge in [0.1, 0.15) is 16.4 Å². The van der Waals surface area contributed by atoms with Gasteiger partial charge in [-0.1, -0.05) is 0 Å². The number of halogens is 1. The van der Waals surface area contributed by atoms with Gasteiger partial charge in [-0.25, -0.2) is 9.18 Å².